The normalized spacial score (nSPS) is 11.3. The topological polar surface area (TPSA) is 30.7 Å². The second kappa shape index (κ2) is 15.6. The van der Waals surface area contributed by atoms with Gasteiger partial charge in [-0.2, -0.15) is 11.3 Å². The SMILES string of the molecule is [Pt+2].[c-]1c(-c2ccccn2)cccc1-n1c2[c-]c(-c3nc4ccc(-c5ccc(-c6ccccc6)cc5)cc4s3)ccc2c2cc(-c3ccc(-c4ccccc4)cc3)ccc21. The molecule has 0 amide bonds. The molecule has 280 valence electrons. The number of hydrogen-bond donors (Lipinski definition) is 0. The van der Waals surface area contributed by atoms with E-state index in [4.69, 9.17) is 4.98 Å². The maximum absolute atomic E-state index is 5.13. The van der Waals surface area contributed by atoms with Crippen molar-refractivity contribution < 1.29 is 21.1 Å². The van der Waals surface area contributed by atoms with Crippen LogP contribution in [0.1, 0.15) is 0 Å². The van der Waals surface area contributed by atoms with Crippen LogP contribution >= 0.6 is 11.3 Å². The third-order valence-corrected chi connectivity index (χ3v) is 12.0. The van der Waals surface area contributed by atoms with E-state index in [1.54, 1.807) is 11.3 Å². The van der Waals surface area contributed by atoms with Crippen LogP contribution < -0.4 is 0 Å². The predicted octanol–water partition coefficient (Wildman–Crippen LogP) is 14.4. The zero-order valence-corrected chi connectivity index (χ0v) is 34.7. The molecule has 0 aliphatic carbocycles. The monoisotopic (exact) mass is 950 g/mol. The summed E-state index contributed by atoms with van der Waals surface area (Å²) in [7, 11) is 0. The Morgan fingerprint density at radius 1 is 0.441 bits per heavy atom. The number of benzene rings is 8. The van der Waals surface area contributed by atoms with Crippen molar-refractivity contribution in [1.82, 2.24) is 14.5 Å². The minimum atomic E-state index is 0. The first-order valence-corrected chi connectivity index (χ1v) is 20.2. The van der Waals surface area contributed by atoms with Gasteiger partial charge in [0.15, 0.2) is 0 Å². The quantitative estimate of drug-likeness (QED) is 0.149. The van der Waals surface area contributed by atoms with Crippen LogP contribution in [0.5, 0.6) is 0 Å². The molecule has 0 aliphatic rings. The number of pyridine rings is 1. The molecule has 3 nitrogen and oxygen atoms in total. The fourth-order valence-corrected chi connectivity index (χ4v) is 8.93. The Morgan fingerprint density at radius 2 is 1.03 bits per heavy atom. The Morgan fingerprint density at radius 3 is 1.69 bits per heavy atom. The summed E-state index contributed by atoms with van der Waals surface area (Å²) in [6.07, 6.45) is 1.83. The molecule has 0 aliphatic heterocycles. The molecule has 0 radical (unpaired) electrons. The molecule has 0 saturated carbocycles. The van der Waals surface area contributed by atoms with Gasteiger partial charge in [-0.15, -0.1) is 53.6 Å². The molecule has 0 N–H and O–H groups in total. The van der Waals surface area contributed by atoms with Crippen molar-refractivity contribution in [3.05, 3.63) is 212 Å². The van der Waals surface area contributed by atoms with Crippen LogP contribution in [0.25, 0.3) is 104 Å². The minimum absolute atomic E-state index is 0. The molecule has 0 fully saturated rings. The zero-order chi connectivity index (χ0) is 38.4. The Hall–Kier alpha value is -6.71. The zero-order valence-electron chi connectivity index (χ0n) is 31.6. The smallest absolute Gasteiger partial charge is 0.346 e. The Bertz CT molecular complexity index is 3250. The van der Waals surface area contributed by atoms with Gasteiger partial charge < -0.3 is 9.55 Å². The number of fused-ring (bicyclic) bond motifs is 4. The molecule has 3 aromatic heterocycles. The van der Waals surface area contributed by atoms with Gasteiger partial charge in [0.25, 0.3) is 0 Å². The predicted molar refractivity (Wildman–Crippen MR) is 242 cm³/mol. The summed E-state index contributed by atoms with van der Waals surface area (Å²) in [6, 6.07) is 76.2. The van der Waals surface area contributed by atoms with Gasteiger partial charge in [-0.25, -0.2) is 0 Å². The van der Waals surface area contributed by atoms with Crippen molar-refractivity contribution in [1.29, 1.82) is 0 Å². The van der Waals surface area contributed by atoms with Gasteiger partial charge in [0.05, 0.1) is 5.52 Å². The molecule has 59 heavy (non-hydrogen) atoms. The molecule has 0 saturated heterocycles. The Labute approximate surface area is 361 Å². The van der Waals surface area contributed by atoms with Gasteiger partial charge in [0.1, 0.15) is 0 Å². The fraction of sp³-hybridized carbons (Fsp3) is 0. The maximum Gasteiger partial charge on any atom is 2.00 e. The third-order valence-electron chi connectivity index (χ3n) is 10.9. The number of hydrogen-bond acceptors (Lipinski definition) is 3. The first kappa shape index (κ1) is 36.6. The minimum Gasteiger partial charge on any atom is -0.346 e. The van der Waals surface area contributed by atoms with Crippen LogP contribution in [0.15, 0.2) is 200 Å². The number of rotatable bonds is 7. The average molecular weight is 951 g/mol. The third kappa shape index (κ3) is 6.91. The van der Waals surface area contributed by atoms with Gasteiger partial charge in [-0.3, -0.25) is 4.98 Å². The average Bonchev–Trinajstić information content (AvgIpc) is 3.88. The molecule has 0 bridgehead atoms. The summed E-state index contributed by atoms with van der Waals surface area (Å²) >= 11 is 1.71. The van der Waals surface area contributed by atoms with Gasteiger partial charge in [-0.05, 0) is 91.1 Å². The van der Waals surface area contributed by atoms with Gasteiger partial charge in [0, 0.05) is 21.4 Å². The summed E-state index contributed by atoms with van der Waals surface area (Å²) in [6.45, 7) is 0. The first-order valence-electron chi connectivity index (χ1n) is 19.4. The molecule has 11 rings (SSSR count). The van der Waals surface area contributed by atoms with Crippen LogP contribution in [0.2, 0.25) is 0 Å². The van der Waals surface area contributed by atoms with Gasteiger partial charge >= 0.3 is 21.1 Å². The van der Waals surface area contributed by atoms with Crippen LogP contribution in [-0.2, 0) is 21.1 Å². The Balaban J connectivity index is 0.00000420. The van der Waals surface area contributed by atoms with Crippen LogP contribution in [0, 0.1) is 12.1 Å². The number of aromatic nitrogens is 3. The van der Waals surface area contributed by atoms with E-state index in [0.717, 1.165) is 65.1 Å². The molecular formula is C54H33N3PtS. The van der Waals surface area contributed by atoms with E-state index >= 15 is 0 Å². The second-order valence-corrected chi connectivity index (χ2v) is 15.5. The molecular weight excluding hydrogens is 918 g/mol. The van der Waals surface area contributed by atoms with E-state index < -0.39 is 0 Å². The fourth-order valence-electron chi connectivity index (χ4n) is 7.95. The Kier molecular flexibility index (Phi) is 9.66. The molecule has 0 atom stereocenters. The largest absolute Gasteiger partial charge is 2.00 e. The summed E-state index contributed by atoms with van der Waals surface area (Å²) < 4.78 is 3.43. The van der Waals surface area contributed by atoms with Crippen molar-refractivity contribution in [3.8, 4) is 72.0 Å². The van der Waals surface area contributed by atoms with Crippen LogP contribution in [-0.4, -0.2) is 14.5 Å². The number of nitrogens with zero attached hydrogens (tertiary/aromatic N) is 3. The summed E-state index contributed by atoms with van der Waals surface area (Å²) in [5.74, 6) is 0. The van der Waals surface area contributed by atoms with Crippen molar-refractivity contribution in [2.45, 2.75) is 0 Å². The van der Waals surface area contributed by atoms with Crippen molar-refractivity contribution >= 4 is 43.4 Å². The summed E-state index contributed by atoms with van der Waals surface area (Å²) in [5, 5.41) is 3.22. The second-order valence-electron chi connectivity index (χ2n) is 14.5. The van der Waals surface area contributed by atoms with Crippen molar-refractivity contribution in [2.24, 2.45) is 0 Å². The summed E-state index contributed by atoms with van der Waals surface area (Å²) in [5.41, 5.74) is 16.3. The molecule has 8 aromatic carbocycles. The molecule has 0 spiro atoms. The van der Waals surface area contributed by atoms with E-state index in [-0.39, 0.29) is 21.1 Å². The van der Waals surface area contributed by atoms with E-state index in [1.807, 2.05) is 24.4 Å². The van der Waals surface area contributed by atoms with Crippen molar-refractivity contribution in [3.63, 3.8) is 0 Å². The van der Waals surface area contributed by atoms with Crippen LogP contribution in [0.4, 0.5) is 0 Å². The molecule has 5 heteroatoms. The maximum atomic E-state index is 5.13. The van der Waals surface area contributed by atoms with E-state index in [9.17, 15) is 0 Å². The summed E-state index contributed by atoms with van der Waals surface area (Å²) in [4.78, 5) is 9.76. The van der Waals surface area contributed by atoms with E-state index in [0.29, 0.717) is 0 Å². The van der Waals surface area contributed by atoms with Crippen molar-refractivity contribution in [2.75, 3.05) is 0 Å². The molecule has 11 aromatic rings. The molecule has 3 heterocycles. The van der Waals surface area contributed by atoms with E-state index in [1.165, 1.54) is 38.9 Å². The van der Waals surface area contributed by atoms with E-state index in [2.05, 4.69) is 198 Å². The van der Waals surface area contributed by atoms with Crippen LogP contribution in [0.3, 0.4) is 0 Å². The first-order chi connectivity index (χ1) is 28.7. The van der Waals surface area contributed by atoms with Gasteiger partial charge in [0.2, 0.25) is 0 Å². The van der Waals surface area contributed by atoms with Gasteiger partial charge in [-0.1, -0.05) is 145 Å². The molecule has 0 unspecified atom stereocenters. The number of thiazole rings is 1. The standard InChI is InChI=1S/C54H33N3S.Pt/c1-3-10-36(11-4-1)38-17-21-40(22-18-38)42-27-30-51-48(33-42)47-28-25-45(34-52(47)57(51)46-15-9-14-44(32-46)49-16-7-8-31-55-49)54-56-50-29-26-43(35-53(50)58-54)41-23-19-39(20-24-41)37-12-5-2-6-13-37;/h1-31,33,35H;/q-2;+2.